The molecule has 0 amide bonds. The van der Waals surface area contributed by atoms with Crippen molar-refractivity contribution in [3.05, 3.63) is 58.5 Å². The fourth-order valence-corrected chi connectivity index (χ4v) is 2.02. The lowest BCUT2D eigenvalue weighted by molar-refractivity contribution is 0.0660. The molecule has 0 aliphatic heterocycles. The van der Waals surface area contributed by atoms with Crippen LogP contribution < -0.4 is 5.32 Å². The van der Waals surface area contributed by atoms with Gasteiger partial charge in [-0.1, -0.05) is 23.7 Å². The molecule has 0 unspecified atom stereocenters. The van der Waals surface area contributed by atoms with E-state index in [1.165, 1.54) is 6.26 Å². The number of aromatic carboxylic acids is 1. The fourth-order valence-electron chi connectivity index (χ4n) is 1.82. The van der Waals surface area contributed by atoms with E-state index in [0.717, 1.165) is 5.56 Å². The van der Waals surface area contributed by atoms with Gasteiger partial charge >= 0.3 is 5.97 Å². The Morgan fingerprint density at radius 3 is 2.95 bits per heavy atom. The first kappa shape index (κ1) is 13.6. The van der Waals surface area contributed by atoms with Crippen LogP contribution in [0.5, 0.6) is 0 Å². The molecule has 2 N–H and O–H groups in total. The van der Waals surface area contributed by atoms with E-state index < -0.39 is 5.97 Å². The third kappa shape index (κ3) is 3.36. The van der Waals surface area contributed by atoms with E-state index in [4.69, 9.17) is 21.1 Å². The van der Waals surface area contributed by atoms with E-state index in [-0.39, 0.29) is 11.8 Å². The summed E-state index contributed by atoms with van der Waals surface area (Å²) in [6.07, 6.45) is 1.38. The Bertz CT molecular complexity index is 580. The van der Waals surface area contributed by atoms with E-state index in [0.29, 0.717) is 17.1 Å². The third-order valence-corrected chi connectivity index (χ3v) is 3.12. The SMILES string of the molecule is C[C@@H](NCc1ccoc1C(=O)O)c1cccc(Cl)c1. The lowest BCUT2D eigenvalue weighted by atomic mass is 10.1. The van der Waals surface area contributed by atoms with Crippen LogP contribution in [0.1, 0.15) is 34.6 Å². The van der Waals surface area contributed by atoms with Crippen LogP contribution in [0.4, 0.5) is 0 Å². The van der Waals surface area contributed by atoms with Crippen molar-refractivity contribution in [3.63, 3.8) is 0 Å². The van der Waals surface area contributed by atoms with Gasteiger partial charge in [-0.05, 0) is 30.7 Å². The van der Waals surface area contributed by atoms with Crippen molar-refractivity contribution in [2.24, 2.45) is 0 Å². The number of carboxylic acid groups (broad SMARTS) is 1. The molecule has 2 aromatic rings. The number of nitrogens with one attached hydrogen (secondary N) is 1. The molecule has 0 aliphatic rings. The van der Waals surface area contributed by atoms with Crippen molar-refractivity contribution in [2.45, 2.75) is 19.5 Å². The minimum atomic E-state index is -1.06. The van der Waals surface area contributed by atoms with E-state index in [9.17, 15) is 4.79 Å². The molecule has 1 aromatic heterocycles. The Kier molecular flexibility index (Phi) is 4.24. The second-order valence-electron chi connectivity index (χ2n) is 4.24. The Labute approximate surface area is 116 Å². The van der Waals surface area contributed by atoms with Gasteiger partial charge in [0.25, 0.3) is 0 Å². The first-order valence-electron chi connectivity index (χ1n) is 5.86. The smallest absolute Gasteiger partial charge is 0.372 e. The van der Waals surface area contributed by atoms with Gasteiger partial charge in [-0.25, -0.2) is 4.79 Å². The van der Waals surface area contributed by atoms with E-state index in [2.05, 4.69) is 5.32 Å². The van der Waals surface area contributed by atoms with Crippen molar-refractivity contribution in [1.29, 1.82) is 0 Å². The maximum absolute atomic E-state index is 10.9. The standard InChI is InChI=1S/C14H14ClNO3/c1-9(10-3-2-4-12(15)7-10)16-8-11-5-6-19-13(11)14(17)18/h2-7,9,16H,8H2,1H3,(H,17,18)/t9-/m1/s1. The normalized spacial score (nSPS) is 12.3. The molecule has 19 heavy (non-hydrogen) atoms. The minimum absolute atomic E-state index is 0.0224. The molecule has 5 heteroatoms. The lowest BCUT2D eigenvalue weighted by Crippen LogP contribution is -2.19. The van der Waals surface area contributed by atoms with Gasteiger partial charge in [-0.15, -0.1) is 0 Å². The summed E-state index contributed by atoms with van der Waals surface area (Å²) in [6, 6.07) is 9.27. The van der Waals surface area contributed by atoms with E-state index in [1.807, 2.05) is 31.2 Å². The van der Waals surface area contributed by atoms with Gasteiger partial charge in [0, 0.05) is 23.2 Å². The highest BCUT2D eigenvalue weighted by Gasteiger charge is 2.14. The molecular weight excluding hydrogens is 266 g/mol. The average molecular weight is 280 g/mol. The maximum Gasteiger partial charge on any atom is 0.372 e. The predicted molar refractivity (Wildman–Crippen MR) is 72.4 cm³/mol. The van der Waals surface area contributed by atoms with Gasteiger partial charge in [-0.2, -0.15) is 0 Å². The topological polar surface area (TPSA) is 62.5 Å². The first-order valence-corrected chi connectivity index (χ1v) is 6.24. The summed E-state index contributed by atoms with van der Waals surface area (Å²) in [4.78, 5) is 10.9. The average Bonchev–Trinajstić information content (AvgIpc) is 2.84. The van der Waals surface area contributed by atoms with Gasteiger partial charge in [0.05, 0.1) is 6.26 Å². The van der Waals surface area contributed by atoms with Gasteiger partial charge in [0.2, 0.25) is 5.76 Å². The lowest BCUT2D eigenvalue weighted by Gasteiger charge is -2.14. The number of rotatable bonds is 5. The molecule has 2 rings (SSSR count). The first-order chi connectivity index (χ1) is 9.08. The van der Waals surface area contributed by atoms with E-state index >= 15 is 0 Å². The Balaban J connectivity index is 2.02. The molecule has 4 nitrogen and oxygen atoms in total. The van der Waals surface area contributed by atoms with Crippen LogP contribution >= 0.6 is 11.6 Å². The summed E-state index contributed by atoms with van der Waals surface area (Å²) in [7, 11) is 0. The highest BCUT2D eigenvalue weighted by molar-refractivity contribution is 6.30. The minimum Gasteiger partial charge on any atom is -0.475 e. The van der Waals surface area contributed by atoms with Crippen LogP contribution in [0.15, 0.2) is 41.0 Å². The molecular formula is C14H14ClNO3. The maximum atomic E-state index is 10.9. The van der Waals surface area contributed by atoms with E-state index in [1.54, 1.807) is 6.07 Å². The predicted octanol–water partition coefficient (Wildman–Crippen LogP) is 3.48. The zero-order valence-electron chi connectivity index (χ0n) is 10.4. The summed E-state index contributed by atoms with van der Waals surface area (Å²) in [5.41, 5.74) is 1.68. The summed E-state index contributed by atoms with van der Waals surface area (Å²) in [5.74, 6) is -1.08. The zero-order chi connectivity index (χ0) is 13.8. The number of hydrogen-bond donors (Lipinski definition) is 2. The number of carboxylic acids is 1. The van der Waals surface area contributed by atoms with Gasteiger partial charge < -0.3 is 14.8 Å². The molecule has 0 spiro atoms. The largest absolute Gasteiger partial charge is 0.475 e. The van der Waals surface area contributed by atoms with Crippen LogP contribution in [0, 0.1) is 0 Å². The van der Waals surface area contributed by atoms with Crippen LogP contribution in [-0.2, 0) is 6.54 Å². The Hall–Kier alpha value is -1.78. The van der Waals surface area contributed by atoms with Crippen LogP contribution in [-0.4, -0.2) is 11.1 Å². The molecule has 0 aliphatic carbocycles. The number of hydrogen-bond acceptors (Lipinski definition) is 3. The molecule has 1 aromatic carbocycles. The Morgan fingerprint density at radius 2 is 2.26 bits per heavy atom. The molecule has 100 valence electrons. The van der Waals surface area contributed by atoms with Crippen molar-refractivity contribution in [3.8, 4) is 0 Å². The number of carbonyl (C=O) groups is 1. The van der Waals surface area contributed by atoms with Crippen molar-refractivity contribution in [1.82, 2.24) is 5.32 Å². The summed E-state index contributed by atoms with van der Waals surface area (Å²) >= 11 is 5.93. The zero-order valence-corrected chi connectivity index (χ0v) is 11.1. The highest BCUT2D eigenvalue weighted by atomic mass is 35.5. The molecule has 0 fully saturated rings. The molecule has 0 saturated heterocycles. The number of benzene rings is 1. The summed E-state index contributed by atoms with van der Waals surface area (Å²) in [5, 5.41) is 12.9. The van der Waals surface area contributed by atoms with Gasteiger partial charge in [0.1, 0.15) is 0 Å². The Morgan fingerprint density at radius 1 is 1.47 bits per heavy atom. The molecule has 0 saturated carbocycles. The number of furan rings is 1. The quantitative estimate of drug-likeness (QED) is 0.879. The second kappa shape index (κ2) is 5.91. The van der Waals surface area contributed by atoms with Crippen LogP contribution in [0.25, 0.3) is 0 Å². The van der Waals surface area contributed by atoms with Crippen molar-refractivity contribution >= 4 is 17.6 Å². The van der Waals surface area contributed by atoms with Crippen molar-refractivity contribution in [2.75, 3.05) is 0 Å². The highest BCUT2D eigenvalue weighted by Crippen LogP contribution is 2.18. The fraction of sp³-hybridized carbons (Fsp3) is 0.214. The van der Waals surface area contributed by atoms with Gasteiger partial charge in [-0.3, -0.25) is 0 Å². The second-order valence-corrected chi connectivity index (χ2v) is 4.67. The molecule has 0 bridgehead atoms. The van der Waals surface area contributed by atoms with Crippen LogP contribution in [0.3, 0.4) is 0 Å². The number of halogens is 1. The molecule has 1 atom stereocenters. The monoisotopic (exact) mass is 279 g/mol. The summed E-state index contributed by atoms with van der Waals surface area (Å²) < 4.78 is 4.92. The molecule has 0 radical (unpaired) electrons. The summed E-state index contributed by atoms with van der Waals surface area (Å²) in [6.45, 7) is 2.41. The van der Waals surface area contributed by atoms with Crippen LogP contribution in [0.2, 0.25) is 5.02 Å². The molecule has 1 heterocycles. The van der Waals surface area contributed by atoms with Crippen molar-refractivity contribution < 1.29 is 14.3 Å². The van der Waals surface area contributed by atoms with Gasteiger partial charge in [0.15, 0.2) is 0 Å². The third-order valence-electron chi connectivity index (χ3n) is 2.89.